The fraction of sp³-hybridized carbons (Fsp3) is 0.333. The van der Waals surface area contributed by atoms with Gasteiger partial charge in [0.05, 0.1) is 0 Å². The highest BCUT2D eigenvalue weighted by atomic mass is 16.2. The molecule has 0 bridgehead atoms. The van der Waals surface area contributed by atoms with Gasteiger partial charge in [0.25, 0.3) is 5.91 Å². The quantitative estimate of drug-likeness (QED) is 0.877. The van der Waals surface area contributed by atoms with Crippen molar-refractivity contribution in [1.82, 2.24) is 10.2 Å². The van der Waals surface area contributed by atoms with E-state index < -0.39 is 0 Å². The van der Waals surface area contributed by atoms with Gasteiger partial charge in [-0.25, -0.2) is 4.79 Å². The van der Waals surface area contributed by atoms with Crippen molar-refractivity contribution < 1.29 is 9.59 Å². The molecule has 2 fully saturated rings. The number of hydrogen-bond donors (Lipinski definition) is 2. The second-order valence-electron chi connectivity index (χ2n) is 7.06. The Morgan fingerprint density at radius 1 is 0.852 bits per heavy atom. The van der Waals surface area contributed by atoms with Crippen molar-refractivity contribution in [3.63, 3.8) is 0 Å². The molecule has 0 radical (unpaired) electrons. The van der Waals surface area contributed by atoms with E-state index in [1.54, 1.807) is 24.3 Å². The predicted molar refractivity (Wildman–Crippen MR) is 106 cm³/mol. The van der Waals surface area contributed by atoms with E-state index in [0.29, 0.717) is 30.4 Å². The van der Waals surface area contributed by atoms with Gasteiger partial charge in [0.2, 0.25) is 0 Å². The Balaban J connectivity index is 1.28. The van der Waals surface area contributed by atoms with Gasteiger partial charge >= 0.3 is 6.03 Å². The Bertz CT molecular complexity index is 795. The third kappa shape index (κ3) is 4.39. The molecule has 4 rings (SSSR count). The summed E-state index contributed by atoms with van der Waals surface area (Å²) in [4.78, 5) is 28.6. The summed E-state index contributed by atoms with van der Waals surface area (Å²) < 4.78 is 0. The summed E-state index contributed by atoms with van der Waals surface area (Å²) in [5.41, 5.74) is 2.52. The number of rotatable bonds is 4. The molecule has 2 N–H and O–H groups in total. The van der Waals surface area contributed by atoms with Crippen molar-refractivity contribution in [2.24, 2.45) is 0 Å². The zero-order valence-corrected chi connectivity index (χ0v) is 15.2. The number of nitrogens with one attached hydrogen (secondary N) is 2. The maximum Gasteiger partial charge on any atom is 0.321 e. The first-order chi connectivity index (χ1) is 13.2. The summed E-state index contributed by atoms with van der Waals surface area (Å²) in [7, 11) is 0. The lowest BCUT2D eigenvalue weighted by molar-refractivity contribution is 0.0951. The van der Waals surface area contributed by atoms with E-state index in [1.165, 1.54) is 5.69 Å². The van der Waals surface area contributed by atoms with Crippen LogP contribution in [0.25, 0.3) is 0 Å². The van der Waals surface area contributed by atoms with Gasteiger partial charge in [0, 0.05) is 49.2 Å². The van der Waals surface area contributed by atoms with Crippen LogP contribution in [0.1, 0.15) is 23.2 Å². The molecule has 27 heavy (non-hydrogen) atoms. The first-order valence-electron chi connectivity index (χ1n) is 9.46. The Kier molecular flexibility index (Phi) is 4.96. The molecule has 1 aliphatic heterocycles. The van der Waals surface area contributed by atoms with Crippen LogP contribution in [0.5, 0.6) is 0 Å². The fourth-order valence-corrected chi connectivity index (χ4v) is 3.21. The molecule has 2 aliphatic rings. The number of carbonyl (C=O) groups is 2. The minimum atomic E-state index is -0.0992. The van der Waals surface area contributed by atoms with Crippen molar-refractivity contribution in [2.45, 2.75) is 18.9 Å². The van der Waals surface area contributed by atoms with Crippen molar-refractivity contribution in [2.75, 3.05) is 36.4 Å². The fourth-order valence-electron chi connectivity index (χ4n) is 3.21. The van der Waals surface area contributed by atoms with Gasteiger partial charge in [-0.3, -0.25) is 4.79 Å². The number of para-hydroxylation sites is 1. The maximum atomic E-state index is 12.5. The number of benzene rings is 2. The van der Waals surface area contributed by atoms with Crippen LogP contribution in [0.2, 0.25) is 0 Å². The minimum absolute atomic E-state index is 0.0487. The number of carbonyl (C=O) groups excluding carboxylic acids is 2. The molecule has 6 nitrogen and oxygen atoms in total. The van der Waals surface area contributed by atoms with Crippen molar-refractivity contribution in [3.8, 4) is 0 Å². The van der Waals surface area contributed by atoms with Crippen molar-refractivity contribution in [3.05, 3.63) is 60.2 Å². The molecule has 6 heteroatoms. The molecular formula is C21H24N4O2. The topological polar surface area (TPSA) is 64.7 Å². The molecule has 1 aliphatic carbocycles. The van der Waals surface area contributed by atoms with Crippen LogP contribution in [0, 0.1) is 0 Å². The Labute approximate surface area is 159 Å². The second kappa shape index (κ2) is 7.70. The highest BCUT2D eigenvalue weighted by Gasteiger charge is 2.24. The molecule has 0 spiro atoms. The summed E-state index contributed by atoms with van der Waals surface area (Å²) in [6.45, 7) is 3.00. The molecule has 1 saturated heterocycles. The molecule has 1 heterocycles. The number of nitrogens with zero attached hydrogens (tertiary/aromatic N) is 2. The van der Waals surface area contributed by atoms with Gasteiger partial charge in [-0.05, 0) is 49.2 Å². The summed E-state index contributed by atoms with van der Waals surface area (Å²) in [5.74, 6) is -0.0487. The molecule has 2 aromatic carbocycles. The number of urea groups is 1. The lowest BCUT2D eigenvalue weighted by Crippen LogP contribution is -2.50. The first-order valence-corrected chi connectivity index (χ1v) is 9.46. The van der Waals surface area contributed by atoms with Crippen LogP contribution >= 0.6 is 0 Å². The Morgan fingerprint density at radius 2 is 1.52 bits per heavy atom. The van der Waals surface area contributed by atoms with Crippen molar-refractivity contribution in [1.29, 1.82) is 0 Å². The summed E-state index contributed by atoms with van der Waals surface area (Å²) >= 11 is 0. The molecule has 140 valence electrons. The van der Waals surface area contributed by atoms with E-state index in [4.69, 9.17) is 0 Å². The van der Waals surface area contributed by atoms with Crippen LogP contribution in [0.3, 0.4) is 0 Å². The third-order valence-electron chi connectivity index (χ3n) is 5.00. The number of anilines is 2. The average molecular weight is 364 g/mol. The minimum Gasteiger partial charge on any atom is -0.368 e. The lowest BCUT2D eigenvalue weighted by Gasteiger charge is -2.36. The molecular weight excluding hydrogens is 340 g/mol. The third-order valence-corrected chi connectivity index (χ3v) is 5.00. The van der Waals surface area contributed by atoms with Gasteiger partial charge in [-0.2, -0.15) is 0 Å². The van der Waals surface area contributed by atoms with E-state index in [0.717, 1.165) is 25.9 Å². The van der Waals surface area contributed by atoms with E-state index in [2.05, 4.69) is 27.7 Å². The SMILES string of the molecule is O=C(NC1CC1)c1ccc(NC(=O)N2CCN(c3ccccc3)CC2)cc1. The van der Waals surface area contributed by atoms with E-state index in [1.807, 2.05) is 23.1 Å². The van der Waals surface area contributed by atoms with Crippen LogP contribution < -0.4 is 15.5 Å². The molecule has 3 amide bonds. The average Bonchev–Trinajstić information content (AvgIpc) is 3.53. The van der Waals surface area contributed by atoms with Crippen LogP contribution in [0.4, 0.5) is 16.2 Å². The Hall–Kier alpha value is -3.02. The normalized spacial score (nSPS) is 16.7. The predicted octanol–water partition coefficient (Wildman–Crippen LogP) is 2.93. The van der Waals surface area contributed by atoms with Crippen LogP contribution in [0.15, 0.2) is 54.6 Å². The van der Waals surface area contributed by atoms with E-state index >= 15 is 0 Å². The summed E-state index contributed by atoms with van der Waals surface area (Å²) in [6, 6.07) is 17.6. The number of amides is 3. The van der Waals surface area contributed by atoms with Crippen LogP contribution in [-0.2, 0) is 0 Å². The monoisotopic (exact) mass is 364 g/mol. The molecule has 0 unspecified atom stereocenters. The van der Waals surface area contributed by atoms with E-state index in [-0.39, 0.29) is 11.9 Å². The zero-order valence-electron chi connectivity index (χ0n) is 15.2. The smallest absolute Gasteiger partial charge is 0.321 e. The molecule has 0 atom stereocenters. The van der Waals surface area contributed by atoms with Gasteiger partial charge in [0.15, 0.2) is 0 Å². The molecule has 1 saturated carbocycles. The van der Waals surface area contributed by atoms with E-state index in [9.17, 15) is 9.59 Å². The second-order valence-corrected chi connectivity index (χ2v) is 7.06. The van der Waals surface area contributed by atoms with Crippen molar-refractivity contribution >= 4 is 23.3 Å². The Morgan fingerprint density at radius 3 is 2.15 bits per heavy atom. The zero-order chi connectivity index (χ0) is 18.6. The lowest BCUT2D eigenvalue weighted by atomic mass is 10.2. The standard InChI is InChI=1S/C21H24N4O2/c26-20(22-17-10-11-17)16-6-8-18(9-7-16)23-21(27)25-14-12-24(13-15-25)19-4-2-1-3-5-19/h1-9,17H,10-15H2,(H,22,26)(H,23,27). The molecule has 0 aromatic heterocycles. The maximum absolute atomic E-state index is 12.5. The largest absolute Gasteiger partial charge is 0.368 e. The first kappa shape index (κ1) is 17.4. The van der Waals surface area contributed by atoms with Gasteiger partial charge in [-0.1, -0.05) is 18.2 Å². The van der Waals surface area contributed by atoms with Gasteiger partial charge in [0.1, 0.15) is 0 Å². The number of hydrogen-bond acceptors (Lipinski definition) is 3. The number of piperazine rings is 1. The highest BCUT2D eigenvalue weighted by molar-refractivity contribution is 5.95. The highest BCUT2D eigenvalue weighted by Crippen LogP contribution is 2.20. The summed E-state index contributed by atoms with van der Waals surface area (Å²) in [6.07, 6.45) is 2.13. The van der Waals surface area contributed by atoms with Crippen LogP contribution in [-0.4, -0.2) is 49.1 Å². The van der Waals surface area contributed by atoms with Gasteiger partial charge in [-0.15, -0.1) is 0 Å². The molecule has 2 aromatic rings. The summed E-state index contributed by atoms with van der Waals surface area (Å²) in [5, 5.41) is 5.88. The van der Waals surface area contributed by atoms with Gasteiger partial charge < -0.3 is 20.4 Å².